The highest BCUT2D eigenvalue weighted by atomic mass is 16.6. The number of rotatable bonds is 4. The number of ether oxygens (including phenoxy) is 2. The van der Waals surface area contributed by atoms with Gasteiger partial charge in [0.1, 0.15) is 5.75 Å². The van der Waals surface area contributed by atoms with Crippen LogP contribution in [0.15, 0.2) is 12.1 Å². The van der Waals surface area contributed by atoms with Gasteiger partial charge in [-0.3, -0.25) is 10.1 Å². The van der Waals surface area contributed by atoms with Crippen molar-refractivity contribution in [3.8, 4) is 11.5 Å². The van der Waals surface area contributed by atoms with Crippen molar-refractivity contribution < 1.29 is 14.4 Å². The molecule has 15 heavy (non-hydrogen) atoms. The topological polar surface area (TPSA) is 61.6 Å². The predicted octanol–water partition coefficient (Wildman–Crippen LogP) is 2.17. The van der Waals surface area contributed by atoms with Gasteiger partial charge in [-0.1, -0.05) is 6.92 Å². The van der Waals surface area contributed by atoms with Gasteiger partial charge in [-0.2, -0.15) is 0 Å². The van der Waals surface area contributed by atoms with Crippen molar-refractivity contribution in [2.24, 2.45) is 0 Å². The van der Waals surface area contributed by atoms with Crippen LogP contribution in [0.25, 0.3) is 0 Å². The van der Waals surface area contributed by atoms with Crippen molar-refractivity contribution in [1.29, 1.82) is 0 Å². The number of nitro benzene ring substituents is 1. The van der Waals surface area contributed by atoms with Gasteiger partial charge in [0.2, 0.25) is 0 Å². The van der Waals surface area contributed by atoms with Gasteiger partial charge in [0.15, 0.2) is 5.75 Å². The molecule has 0 fully saturated rings. The van der Waals surface area contributed by atoms with Crippen molar-refractivity contribution in [1.82, 2.24) is 0 Å². The van der Waals surface area contributed by atoms with Crippen molar-refractivity contribution in [3.63, 3.8) is 0 Å². The zero-order valence-electron chi connectivity index (χ0n) is 8.94. The molecule has 1 aromatic carbocycles. The van der Waals surface area contributed by atoms with Crippen LogP contribution in [0.2, 0.25) is 0 Å². The summed E-state index contributed by atoms with van der Waals surface area (Å²) < 4.78 is 10.0. The molecule has 0 spiro atoms. The van der Waals surface area contributed by atoms with Crippen LogP contribution >= 0.6 is 0 Å². The first-order valence-corrected chi connectivity index (χ1v) is 4.53. The van der Waals surface area contributed by atoms with Crippen LogP contribution in [0.3, 0.4) is 0 Å². The second kappa shape index (κ2) is 4.63. The monoisotopic (exact) mass is 211 g/mol. The minimum atomic E-state index is -0.485. The van der Waals surface area contributed by atoms with E-state index in [9.17, 15) is 10.1 Å². The van der Waals surface area contributed by atoms with Gasteiger partial charge >= 0.3 is 5.69 Å². The second-order valence-corrected chi connectivity index (χ2v) is 2.95. The number of benzene rings is 1. The lowest BCUT2D eigenvalue weighted by Crippen LogP contribution is -1.98. The molecule has 1 aromatic rings. The zero-order valence-corrected chi connectivity index (χ0v) is 8.94. The maximum atomic E-state index is 10.7. The Labute approximate surface area is 87.8 Å². The van der Waals surface area contributed by atoms with Gasteiger partial charge in [0.25, 0.3) is 0 Å². The first-order valence-electron chi connectivity index (χ1n) is 4.53. The van der Waals surface area contributed by atoms with E-state index in [4.69, 9.17) is 9.47 Å². The highest BCUT2D eigenvalue weighted by Crippen LogP contribution is 2.34. The fourth-order valence-electron chi connectivity index (χ4n) is 1.36. The Morgan fingerprint density at radius 3 is 2.27 bits per heavy atom. The minimum absolute atomic E-state index is 0.0773. The molecule has 0 heterocycles. The van der Waals surface area contributed by atoms with Crippen LogP contribution in [0.4, 0.5) is 5.69 Å². The normalized spacial score (nSPS) is 9.80. The molecule has 0 atom stereocenters. The number of methoxy groups -OCH3 is 2. The quantitative estimate of drug-likeness (QED) is 0.565. The average Bonchev–Trinajstić information content (AvgIpc) is 2.26. The maximum Gasteiger partial charge on any atom is 0.314 e. The second-order valence-electron chi connectivity index (χ2n) is 2.95. The first kappa shape index (κ1) is 11.3. The van der Waals surface area contributed by atoms with Crippen molar-refractivity contribution in [2.75, 3.05) is 14.2 Å². The zero-order chi connectivity index (χ0) is 11.4. The van der Waals surface area contributed by atoms with E-state index < -0.39 is 4.92 Å². The maximum absolute atomic E-state index is 10.7. The number of nitrogens with zero attached hydrogens (tertiary/aromatic N) is 1. The van der Waals surface area contributed by atoms with Crippen LogP contribution in [0, 0.1) is 10.1 Å². The van der Waals surface area contributed by atoms with E-state index in [0.29, 0.717) is 5.75 Å². The van der Waals surface area contributed by atoms with E-state index in [1.165, 1.54) is 20.3 Å². The molecule has 0 radical (unpaired) electrons. The number of aryl methyl sites for hydroxylation is 1. The van der Waals surface area contributed by atoms with Gasteiger partial charge in [-0.15, -0.1) is 0 Å². The van der Waals surface area contributed by atoms with Crippen LogP contribution in [-0.4, -0.2) is 19.1 Å². The van der Waals surface area contributed by atoms with E-state index in [1.807, 2.05) is 6.92 Å². The summed E-state index contributed by atoms with van der Waals surface area (Å²) in [6.07, 6.45) is 0.734. The summed E-state index contributed by atoms with van der Waals surface area (Å²) in [5, 5.41) is 10.7. The SMILES string of the molecule is CCc1cc(OC)c([N+](=O)[O-])cc1OC. The molecule has 0 aromatic heterocycles. The van der Waals surface area contributed by atoms with Gasteiger partial charge in [-0.25, -0.2) is 0 Å². The fraction of sp³-hybridized carbons (Fsp3) is 0.400. The molecule has 5 heteroatoms. The molecule has 0 amide bonds. The third kappa shape index (κ3) is 2.18. The molecule has 0 aliphatic heterocycles. The van der Waals surface area contributed by atoms with Crippen LogP contribution in [0.1, 0.15) is 12.5 Å². The third-order valence-corrected chi connectivity index (χ3v) is 2.16. The summed E-state index contributed by atoms with van der Waals surface area (Å²) in [5.41, 5.74) is 0.812. The number of nitro groups is 1. The number of hydrogen-bond acceptors (Lipinski definition) is 4. The molecule has 1 rings (SSSR count). The Bertz CT molecular complexity index is 376. The van der Waals surface area contributed by atoms with Crippen molar-refractivity contribution in [2.45, 2.75) is 13.3 Å². The Kier molecular flexibility index (Phi) is 3.49. The summed E-state index contributed by atoms with van der Waals surface area (Å²) >= 11 is 0. The third-order valence-electron chi connectivity index (χ3n) is 2.16. The Balaban J connectivity index is 3.34. The first-order chi connectivity index (χ1) is 7.13. The van der Waals surface area contributed by atoms with E-state index in [1.54, 1.807) is 6.07 Å². The molecule has 0 unspecified atom stereocenters. The van der Waals surface area contributed by atoms with E-state index in [2.05, 4.69) is 0 Å². The molecule has 5 nitrogen and oxygen atoms in total. The fourth-order valence-corrected chi connectivity index (χ4v) is 1.36. The predicted molar refractivity (Wildman–Crippen MR) is 55.6 cm³/mol. The lowest BCUT2D eigenvalue weighted by Gasteiger charge is -2.09. The Morgan fingerprint density at radius 2 is 1.87 bits per heavy atom. The molecule has 0 bridgehead atoms. The van der Waals surface area contributed by atoms with Gasteiger partial charge in [0, 0.05) is 0 Å². The standard InChI is InChI=1S/C10H13NO4/c1-4-7-5-10(15-3)8(11(12)13)6-9(7)14-2/h5-6H,4H2,1-3H3. The van der Waals surface area contributed by atoms with Gasteiger partial charge in [-0.05, 0) is 18.1 Å². The summed E-state index contributed by atoms with van der Waals surface area (Å²) in [6, 6.07) is 3.02. The lowest BCUT2D eigenvalue weighted by molar-refractivity contribution is -0.385. The summed E-state index contributed by atoms with van der Waals surface area (Å²) in [7, 11) is 2.90. The molecule has 0 aliphatic rings. The van der Waals surface area contributed by atoms with Crippen LogP contribution < -0.4 is 9.47 Å². The molecular weight excluding hydrogens is 198 g/mol. The van der Waals surface area contributed by atoms with E-state index >= 15 is 0 Å². The minimum Gasteiger partial charge on any atom is -0.496 e. The van der Waals surface area contributed by atoms with E-state index in [-0.39, 0.29) is 11.4 Å². The highest BCUT2D eigenvalue weighted by molar-refractivity contribution is 5.55. The lowest BCUT2D eigenvalue weighted by atomic mass is 10.1. The molecule has 0 saturated heterocycles. The molecular formula is C10H13NO4. The average molecular weight is 211 g/mol. The smallest absolute Gasteiger partial charge is 0.314 e. The van der Waals surface area contributed by atoms with Crippen molar-refractivity contribution >= 4 is 5.69 Å². The summed E-state index contributed by atoms with van der Waals surface area (Å²) in [6.45, 7) is 1.95. The van der Waals surface area contributed by atoms with E-state index in [0.717, 1.165) is 12.0 Å². The number of hydrogen-bond donors (Lipinski definition) is 0. The van der Waals surface area contributed by atoms with Crippen LogP contribution in [0.5, 0.6) is 11.5 Å². The molecule has 0 N–H and O–H groups in total. The van der Waals surface area contributed by atoms with Gasteiger partial charge in [0.05, 0.1) is 25.2 Å². The molecule has 0 aliphatic carbocycles. The highest BCUT2D eigenvalue weighted by Gasteiger charge is 2.18. The Hall–Kier alpha value is -1.78. The van der Waals surface area contributed by atoms with Gasteiger partial charge < -0.3 is 9.47 Å². The Morgan fingerprint density at radius 1 is 1.27 bits per heavy atom. The largest absolute Gasteiger partial charge is 0.496 e. The molecule has 0 saturated carbocycles. The van der Waals surface area contributed by atoms with Crippen molar-refractivity contribution in [3.05, 3.63) is 27.8 Å². The summed E-state index contributed by atoms with van der Waals surface area (Å²) in [4.78, 5) is 10.2. The summed E-state index contributed by atoms with van der Waals surface area (Å²) in [5.74, 6) is 0.780. The van der Waals surface area contributed by atoms with Crippen LogP contribution in [-0.2, 0) is 6.42 Å². The molecule has 82 valence electrons.